The normalized spacial score (nSPS) is 25.1. The van der Waals surface area contributed by atoms with E-state index < -0.39 is 0 Å². The number of hydrogen-bond acceptors (Lipinski definition) is 4. The molecule has 2 heterocycles. The summed E-state index contributed by atoms with van der Waals surface area (Å²) in [6.07, 6.45) is 2.36. The summed E-state index contributed by atoms with van der Waals surface area (Å²) < 4.78 is 5.35. The van der Waals surface area contributed by atoms with Gasteiger partial charge in [0.15, 0.2) is 0 Å². The molecule has 0 bridgehead atoms. The maximum Gasteiger partial charge on any atom is 0.225 e. The molecular formula is C15H27N3O3. The summed E-state index contributed by atoms with van der Waals surface area (Å²) in [6.45, 7) is 6.41. The summed E-state index contributed by atoms with van der Waals surface area (Å²) in [5.74, 6) is -0.0989. The molecule has 6 nitrogen and oxygen atoms in total. The highest BCUT2D eigenvalue weighted by molar-refractivity contribution is 5.89. The molecule has 0 saturated carbocycles. The van der Waals surface area contributed by atoms with Crippen LogP contribution in [0.2, 0.25) is 0 Å². The molecule has 0 aromatic rings. The topological polar surface area (TPSA) is 70.7 Å². The van der Waals surface area contributed by atoms with Crippen LogP contribution in [0.4, 0.5) is 0 Å². The summed E-state index contributed by atoms with van der Waals surface area (Å²) in [5.41, 5.74) is 0.0305. The lowest BCUT2D eigenvalue weighted by atomic mass is 9.79. The zero-order valence-electron chi connectivity index (χ0n) is 13.1. The van der Waals surface area contributed by atoms with Crippen LogP contribution in [0, 0.1) is 11.3 Å². The number of carbonyl (C=O) groups is 2. The van der Waals surface area contributed by atoms with E-state index in [1.54, 1.807) is 12.0 Å². The fourth-order valence-corrected chi connectivity index (χ4v) is 3.31. The highest BCUT2D eigenvalue weighted by Crippen LogP contribution is 2.28. The quantitative estimate of drug-likeness (QED) is 0.723. The monoisotopic (exact) mass is 297 g/mol. The van der Waals surface area contributed by atoms with Gasteiger partial charge in [0.1, 0.15) is 0 Å². The third-order valence-electron chi connectivity index (χ3n) is 4.72. The van der Waals surface area contributed by atoms with E-state index in [9.17, 15) is 9.59 Å². The fourth-order valence-electron chi connectivity index (χ4n) is 3.31. The van der Waals surface area contributed by atoms with Gasteiger partial charge in [0.05, 0.1) is 12.5 Å². The number of nitrogens with one attached hydrogen (secondary N) is 2. The second-order valence-electron chi connectivity index (χ2n) is 6.23. The summed E-state index contributed by atoms with van der Waals surface area (Å²) in [5, 5.41) is 6.40. The molecule has 2 aliphatic heterocycles. The SMILES string of the molecule is CCN1CC(C(=O)NCC2(COC)CCNCC2)CC1=O. The van der Waals surface area contributed by atoms with Gasteiger partial charge in [0.2, 0.25) is 11.8 Å². The van der Waals surface area contributed by atoms with E-state index in [0.717, 1.165) is 25.9 Å². The number of ether oxygens (including phenoxy) is 1. The van der Waals surface area contributed by atoms with Crippen molar-refractivity contribution in [3.8, 4) is 0 Å². The smallest absolute Gasteiger partial charge is 0.225 e. The van der Waals surface area contributed by atoms with Crippen LogP contribution in [0.5, 0.6) is 0 Å². The molecule has 1 unspecified atom stereocenters. The Balaban J connectivity index is 1.86. The van der Waals surface area contributed by atoms with Gasteiger partial charge in [-0.1, -0.05) is 0 Å². The van der Waals surface area contributed by atoms with Gasteiger partial charge in [-0.2, -0.15) is 0 Å². The first-order valence-electron chi connectivity index (χ1n) is 7.85. The van der Waals surface area contributed by atoms with E-state index in [2.05, 4.69) is 10.6 Å². The Morgan fingerprint density at radius 1 is 1.48 bits per heavy atom. The van der Waals surface area contributed by atoms with Crippen LogP contribution in [0.1, 0.15) is 26.2 Å². The predicted octanol–water partition coefficient (Wildman–Crippen LogP) is -0.0128. The minimum absolute atomic E-state index is 0.00770. The summed E-state index contributed by atoms with van der Waals surface area (Å²) in [4.78, 5) is 25.8. The van der Waals surface area contributed by atoms with Gasteiger partial charge in [-0.05, 0) is 32.9 Å². The van der Waals surface area contributed by atoms with Gasteiger partial charge in [0, 0.05) is 38.6 Å². The maximum atomic E-state index is 12.3. The number of methoxy groups -OCH3 is 1. The Morgan fingerprint density at radius 2 is 2.19 bits per heavy atom. The van der Waals surface area contributed by atoms with Gasteiger partial charge < -0.3 is 20.3 Å². The van der Waals surface area contributed by atoms with Crippen LogP contribution in [-0.2, 0) is 14.3 Å². The third-order valence-corrected chi connectivity index (χ3v) is 4.72. The van der Waals surface area contributed by atoms with Crippen LogP contribution in [-0.4, -0.2) is 63.2 Å². The molecule has 2 fully saturated rings. The standard InChI is InChI=1S/C15H27N3O3/c1-3-18-9-12(8-13(18)19)14(20)17-10-15(11-21-2)4-6-16-7-5-15/h12,16H,3-11H2,1-2H3,(H,17,20). The van der Waals surface area contributed by atoms with Crippen molar-refractivity contribution < 1.29 is 14.3 Å². The Morgan fingerprint density at radius 3 is 2.76 bits per heavy atom. The van der Waals surface area contributed by atoms with E-state index in [1.807, 2.05) is 6.92 Å². The van der Waals surface area contributed by atoms with E-state index in [0.29, 0.717) is 32.7 Å². The minimum atomic E-state index is -0.196. The molecule has 0 spiro atoms. The number of carbonyl (C=O) groups excluding carboxylic acids is 2. The predicted molar refractivity (Wildman–Crippen MR) is 79.8 cm³/mol. The molecule has 2 N–H and O–H groups in total. The Kier molecular flexibility index (Phi) is 5.58. The molecule has 2 aliphatic rings. The molecule has 21 heavy (non-hydrogen) atoms. The highest BCUT2D eigenvalue weighted by atomic mass is 16.5. The lowest BCUT2D eigenvalue weighted by Crippen LogP contribution is -2.48. The van der Waals surface area contributed by atoms with Crippen LogP contribution >= 0.6 is 0 Å². The first kappa shape index (κ1) is 16.2. The summed E-state index contributed by atoms with van der Waals surface area (Å²) in [7, 11) is 1.71. The van der Waals surface area contributed by atoms with E-state index in [1.165, 1.54) is 0 Å². The molecule has 1 atom stereocenters. The van der Waals surface area contributed by atoms with Gasteiger partial charge >= 0.3 is 0 Å². The van der Waals surface area contributed by atoms with E-state index >= 15 is 0 Å². The Hall–Kier alpha value is -1.14. The Bertz CT molecular complexity index is 375. The molecule has 6 heteroatoms. The number of amides is 2. The zero-order valence-corrected chi connectivity index (χ0v) is 13.1. The molecule has 120 valence electrons. The molecule has 0 radical (unpaired) electrons. The number of likely N-dealkylation sites (tertiary alicyclic amines) is 1. The molecule has 0 aromatic carbocycles. The maximum absolute atomic E-state index is 12.3. The van der Waals surface area contributed by atoms with E-state index in [-0.39, 0.29) is 23.1 Å². The largest absolute Gasteiger partial charge is 0.384 e. The number of hydrogen-bond donors (Lipinski definition) is 2. The van der Waals surface area contributed by atoms with Gasteiger partial charge in [-0.15, -0.1) is 0 Å². The van der Waals surface area contributed by atoms with Crippen LogP contribution in [0.15, 0.2) is 0 Å². The van der Waals surface area contributed by atoms with Crippen molar-refractivity contribution in [3.63, 3.8) is 0 Å². The Labute approximate surface area is 126 Å². The van der Waals surface area contributed by atoms with Crippen LogP contribution in [0.25, 0.3) is 0 Å². The lowest BCUT2D eigenvalue weighted by molar-refractivity contribution is -0.129. The van der Waals surface area contributed by atoms with Crippen molar-refractivity contribution in [2.45, 2.75) is 26.2 Å². The first-order valence-corrected chi connectivity index (χ1v) is 7.85. The van der Waals surface area contributed by atoms with Crippen LogP contribution < -0.4 is 10.6 Å². The first-order chi connectivity index (χ1) is 10.1. The molecule has 0 aromatic heterocycles. The second kappa shape index (κ2) is 7.22. The van der Waals surface area contributed by atoms with Crippen molar-refractivity contribution in [2.24, 2.45) is 11.3 Å². The molecule has 2 rings (SSSR count). The average Bonchev–Trinajstić information content (AvgIpc) is 2.87. The number of piperidine rings is 1. The van der Waals surface area contributed by atoms with Crippen LogP contribution in [0.3, 0.4) is 0 Å². The molecule has 2 amide bonds. The molecule has 2 saturated heterocycles. The van der Waals surface area contributed by atoms with Gasteiger partial charge in [-0.25, -0.2) is 0 Å². The average molecular weight is 297 g/mol. The number of nitrogens with zero attached hydrogens (tertiary/aromatic N) is 1. The van der Waals surface area contributed by atoms with Crippen molar-refractivity contribution in [2.75, 3.05) is 46.4 Å². The van der Waals surface area contributed by atoms with Crippen molar-refractivity contribution in [1.82, 2.24) is 15.5 Å². The molecular weight excluding hydrogens is 270 g/mol. The summed E-state index contributed by atoms with van der Waals surface area (Å²) in [6, 6.07) is 0. The lowest BCUT2D eigenvalue weighted by Gasteiger charge is -2.37. The molecule has 0 aliphatic carbocycles. The summed E-state index contributed by atoms with van der Waals surface area (Å²) >= 11 is 0. The van der Waals surface area contributed by atoms with Crippen molar-refractivity contribution >= 4 is 11.8 Å². The number of rotatable bonds is 6. The van der Waals surface area contributed by atoms with Gasteiger partial charge in [-0.3, -0.25) is 9.59 Å². The van der Waals surface area contributed by atoms with Crippen molar-refractivity contribution in [1.29, 1.82) is 0 Å². The second-order valence-corrected chi connectivity index (χ2v) is 6.23. The highest BCUT2D eigenvalue weighted by Gasteiger charge is 2.36. The van der Waals surface area contributed by atoms with E-state index in [4.69, 9.17) is 4.74 Å². The van der Waals surface area contributed by atoms with Crippen molar-refractivity contribution in [3.05, 3.63) is 0 Å². The minimum Gasteiger partial charge on any atom is -0.384 e. The van der Waals surface area contributed by atoms with Gasteiger partial charge in [0.25, 0.3) is 0 Å². The fraction of sp³-hybridized carbons (Fsp3) is 0.867. The zero-order chi connectivity index (χ0) is 15.3. The third kappa shape index (κ3) is 3.95.